The van der Waals surface area contributed by atoms with Gasteiger partial charge in [-0.05, 0) is 50.3 Å². The minimum absolute atomic E-state index is 0.0687. The Kier molecular flexibility index (Phi) is 7.10. The van der Waals surface area contributed by atoms with Crippen LogP contribution in [0.4, 0.5) is 4.79 Å². The molecule has 1 saturated carbocycles. The summed E-state index contributed by atoms with van der Waals surface area (Å²) in [4.78, 5) is 32.7. The van der Waals surface area contributed by atoms with E-state index in [0.717, 1.165) is 25.9 Å². The second-order valence-corrected chi connectivity index (χ2v) is 9.28. The molecule has 170 valence electrons. The van der Waals surface area contributed by atoms with Gasteiger partial charge in [0.2, 0.25) is 0 Å². The summed E-state index contributed by atoms with van der Waals surface area (Å²) in [6, 6.07) is 5.33. The molecule has 3 fully saturated rings. The second kappa shape index (κ2) is 9.98. The Morgan fingerprint density at radius 1 is 1.16 bits per heavy atom. The number of aromatic nitrogens is 1. The zero-order valence-electron chi connectivity index (χ0n) is 18.7. The highest BCUT2D eigenvalue weighted by molar-refractivity contribution is 5.75. The minimum Gasteiger partial charge on any atom is -0.466 e. The van der Waals surface area contributed by atoms with Crippen LogP contribution < -0.4 is 5.32 Å². The molecule has 2 amide bonds. The lowest BCUT2D eigenvalue weighted by molar-refractivity contribution is -0.142. The first-order valence-corrected chi connectivity index (χ1v) is 12.0. The number of hydrogen-bond acceptors (Lipinski definition) is 5. The number of amides is 2. The molecule has 3 heterocycles. The number of urea groups is 1. The van der Waals surface area contributed by atoms with Crippen molar-refractivity contribution in [1.82, 2.24) is 20.1 Å². The number of ether oxygens (including phenoxy) is 1. The van der Waals surface area contributed by atoms with Crippen molar-refractivity contribution in [2.24, 2.45) is 5.41 Å². The molecule has 1 unspecified atom stereocenters. The van der Waals surface area contributed by atoms with Crippen molar-refractivity contribution in [2.75, 3.05) is 32.8 Å². The molecule has 3 aliphatic rings. The number of nitrogens with one attached hydrogen (secondary N) is 1. The molecule has 7 heteroatoms. The monoisotopic (exact) mass is 428 g/mol. The fraction of sp³-hybridized carbons (Fsp3) is 0.708. The van der Waals surface area contributed by atoms with Crippen LogP contribution in [0, 0.1) is 5.41 Å². The summed E-state index contributed by atoms with van der Waals surface area (Å²) in [6.07, 6.45) is 12.8. The van der Waals surface area contributed by atoms with E-state index in [1.807, 2.05) is 17.3 Å². The van der Waals surface area contributed by atoms with Crippen molar-refractivity contribution < 1.29 is 14.3 Å². The minimum atomic E-state index is -0.266. The van der Waals surface area contributed by atoms with Gasteiger partial charge in [0.05, 0.1) is 13.0 Å². The smallest absolute Gasteiger partial charge is 0.317 e. The van der Waals surface area contributed by atoms with Gasteiger partial charge in [0.1, 0.15) is 0 Å². The number of esters is 1. The maximum absolute atomic E-state index is 12.5. The fourth-order valence-corrected chi connectivity index (χ4v) is 5.92. The standard InChI is InChI=1S/C24H36N4O3/c1-2-31-21(29)8-15-26-23(30)27-16-9-20(10-17-27)28-18-24(11-4-3-5-12-24)22(28)19-6-13-25-14-7-19/h6-7,13-14,20,22H,2-5,8-12,15-18H2,1H3,(H,26,30). The zero-order valence-corrected chi connectivity index (χ0v) is 18.7. The summed E-state index contributed by atoms with van der Waals surface area (Å²) in [6.45, 7) is 5.21. The lowest BCUT2D eigenvalue weighted by atomic mass is 9.60. The second-order valence-electron chi connectivity index (χ2n) is 9.28. The number of rotatable bonds is 6. The van der Waals surface area contributed by atoms with E-state index in [0.29, 0.717) is 30.7 Å². The average molecular weight is 429 g/mol. The van der Waals surface area contributed by atoms with Crippen LogP contribution in [0.2, 0.25) is 0 Å². The molecule has 0 radical (unpaired) electrons. The summed E-state index contributed by atoms with van der Waals surface area (Å²) in [5.74, 6) is -0.266. The Morgan fingerprint density at radius 2 is 1.87 bits per heavy atom. The van der Waals surface area contributed by atoms with Crippen molar-refractivity contribution in [2.45, 2.75) is 70.4 Å². The predicted molar refractivity (Wildman–Crippen MR) is 118 cm³/mol. The largest absolute Gasteiger partial charge is 0.466 e. The molecule has 4 rings (SSSR count). The average Bonchev–Trinajstić information content (AvgIpc) is 2.79. The first-order chi connectivity index (χ1) is 15.1. The fourth-order valence-electron chi connectivity index (χ4n) is 5.92. The number of carbonyl (C=O) groups is 2. The molecular formula is C24H36N4O3. The van der Waals surface area contributed by atoms with E-state index < -0.39 is 0 Å². The molecule has 0 aromatic carbocycles. The van der Waals surface area contributed by atoms with E-state index in [-0.39, 0.29) is 18.4 Å². The van der Waals surface area contributed by atoms with E-state index in [4.69, 9.17) is 4.74 Å². The van der Waals surface area contributed by atoms with Gasteiger partial charge < -0.3 is 15.0 Å². The highest BCUT2D eigenvalue weighted by atomic mass is 16.5. The van der Waals surface area contributed by atoms with Gasteiger partial charge in [-0.1, -0.05) is 19.3 Å². The number of pyridine rings is 1. The third kappa shape index (κ3) is 4.86. The van der Waals surface area contributed by atoms with Gasteiger partial charge in [0, 0.05) is 56.1 Å². The van der Waals surface area contributed by atoms with Crippen LogP contribution in [0.15, 0.2) is 24.5 Å². The van der Waals surface area contributed by atoms with E-state index in [2.05, 4.69) is 27.3 Å². The lowest BCUT2D eigenvalue weighted by Gasteiger charge is -2.63. The molecule has 31 heavy (non-hydrogen) atoms. The highest BCUT2D eigenvalue weighted by Crippen LogP contribution is 2.58. The number of hydrogen-bond donors (Lipinski definition) is 1. The Labute approximate surface area is 185 Å². The van der Waals surface area contributed by atoms with Gasteiger partial charge in [-0.2, -0.15) is 0 Å². The maximum Gasteiger partial charge on any atom is 0.317 e. The van der Waals surface area contributed by atoms with Crippen LogP contribution >= 0.6 is 0 Å². The number of piperidine rings is 1. The molecular weight excluding hydrogens is 392 g/mol. The molecule has 1 atom stereocenters. The Hall–Kier alpha value is -2.15. The van der Waals surface area contributed by atoms with Crippen LogP contribution in [-0.4, -0.2) is 65.6 Å². The number of carbonyl (C=O) groups excluding carboxylic acids is 2. The van der Waals surface area contributed by atoms with Crippen molar-refractivity contribution in [3.8, 4) is 0 Å². The summed E-state index contributed by atoms with van der Waals surface area (Å²) in [5, 5.41) is 2.86. The first kappa shape index (κ1) is 22.1. The number of nitrogens with zero attached hydrogens (tertiary/aromatic N) is 3. The quantitative estimate of drug-likeness (QED) is 0.702. The van der Waals surface area contributed by atoms with E-state index >= 15 is 0 Å². The van der Waals surface area contributed by atoms with E-state index in [1.54, 1.807) is 6.92 Å². The van der Waals surface area contributed by atoms with Crippen LogP contribution in [0.25, 0.3) is 0 Å². The van der Waals surface area contributed by atoms with Crippen LogP contribution in [0.1, 0.15) is 69.9 Å². The third-order valence-electron chi connectivity index (χ3n) is 7.41. The molecule has 1 aromatic rings. The van der Waals surface area contributed by atoms with Gasteiger partial charge in [-0.25, -0.2) is 4.79 Å². The summed E-state index contributed by atoms with van der Waals surface area (Å²) < 4.78 is 4.91. The van der Waals surface area contributed by atoms with Crippen molar-refractivity contribution >= 4 is 12.0 Å². The van der Waals surface area contributed by atoms with Crippen LogP contribution in [0.3, 0.4) is 0 Å². The van der Waals surface area contributed by atoms with Crippen LogP contribution in [0.5, 0.6) is 0 Å². The Morgan fingerprint density at radius 3 is 2.55 bits per heavy atom. The van der Waals surface area contributed by atoms with Gasteiger partial charge in [-0.15, -0.1) is 0 Å². The SMILES string of the molecule is CCOC(=O)CCNC(=O)N1CCC(N2CC3(CCCCC3)C2c2ccncc2)CC1. The predicted octanol–water partition coefficient (Wildman–Crippen LogP) is 3.52. The van der Waals surface area contributed by atoms with Gasteiger partial charge in [0.15, 0.2) is 0 Å². The molecule has 2 aliphatic heterocycles. The third-order valence-corrected chi connectivity index (χ3v) is 7.41. The summed E-state index contributed by atoms with van der Waals surface area (Å²) in [5.41, 5.74) is 1.84. The van der Waals surface area contributed by atoms with Gasteiger partial charge >= 0.3 is 12.0 Å². The van der Waals surface area contributed by atoms with E-state index in [1.165, 1.54) is 44.2 Å². The Balaban J connectivity index is 1.31. The summed E-state index contributed by atoms with van der Waals surface area (Å²) >= 11 is 0. The molecule has 1 aromatic heterocycles. The normalized spacial score (nSPS) is 23.9. The Bertz CT molecular complexity index is 742. The summed E-state index contributed by atoms with van der Waals surface area (Å²) in [7, 11) is 0. The van der Waals surface area contributed by atoms with Crippen molar-refractivity contribution in [3.63, 3.8) is 0 Å². The lowest BCUT2D eigenvalue weighted by Crippen LogP contribution is -2.64. The maximum atomic E-state index is 12.5. The van der Waals surface area contributed by atoms with Crippen LogP contribution in [-0.2, 0) is 9.53 Å². The van der Waals surface area contributed by atoms with Crippen molar-refractivity contribution in [1.29, 1.82) is 0 Å². The highest BCUT2D eigenvalue weighted by Gasteiger charge is 2.54. The molecule has 7 nitrogen and oxygen atoms in total. The first-order valence-electron chi connectivity index (χ1n) is 12.0. The molecule has 1 spiro atoms. The molecule has 1 N–H and O–H groups in total. The van der Waals surface area contributed by atoms with Gasteiger partial charge in [0.25, 0.3) is 0 Å². The number of likely N-dealkylation sites (tertiary alicyclic amines) is 2. The van der Waals surface area contributed by atoms with E-state index in [9.17, 15) is 9.59 Å². The molecule has 1 aliphatic carbocycles. The zero-order chi connectivity index (χ0) is 21.7. The molecule has 0 bridgehead atoms. The topological polar surface area (TPSA) is 74.8 Å². The van der Waals surface area contributed by atoms with Gasteiger partial charge in [-0.3, -0.25) is 14.7 Å². The van der Waals surface area contributed by atoms with Crippen molar-refractivity contribution in [3.05, 3.63) is 30.1 Å². The molecule has 2 saturated heterocycles.